The van der Waals surface area contributed by atoms with Crippen molar-refractivity contribution in [3.05, 3.63) is 65.2 Å². The molecule has 0 unspecified atom stereocenters. The highest BCUT2D eigenvalue weighted by Crippen LogP contribution is 2.35. The van der Waals surface area contributed by atoms with E-state index in [2.05, 4.69) is 0 Å². The molecule has 0 aromatic heterocycles. The minimum absolute atomic E-state index is 0.0506. The van der Waals surface area contributed by atoms with Crippen molar-refractivity contribution in [3.63, 3.8) is 0 Å². The number of nitrogens with zero attached hydrogens (tertiary/aromatic N) is 1. The highest BCUT2D eigenvalue weighted by Gasteiger charge is 2.53. The van der Waals surface area contributed by atoms with E-state index in [-0.39, 0.29) is 17.2 Å². The summed E-state index contributed by atoms with van der Waals surface area (Å²) in [4.78, 5) is 40.0. The Kier molecular flexibility index (Phi) is 8.99. The molecule has 218 valence electrons. The molecule has 0 bridgehead atoms. The average Bonchev–Trinajstić information content (AvgIpc) is 3.47. The Balaban J connectivity index is 1.50. The molecule has 11 heteroatoms. The number of phenolic OH excluding ortho intramolecular Hbond substituents is 3. The van der Waals surface area contributed by atoms with Gasteiger partial charge in [0.2, 0.25) is 0 Å². The number of phenols is 3. The van der Waals surface area contributed by atoms with E-state index in [1.165, 1.54) is 41.3 Å². The van der Waals surface area contributed by atoms with Crippen LogP contribution in [0.25, 0.3) is 12.2 Å². The van der Waals surface area contributed by atoms with E-state index in [0.29, 0.717) is 29.8 Å². The molecule has 1 saturated carbocycles. The zero-order chi connectivity index (χ0) is 29.7. The van der Waals surface area contributed by atoms with Crippen LogP contribution in [0.2, 0.25) is 0 Å². The number of amides is 1. The van der Waals surface area contributed by atoms with Gasteiger partial charge in [-0.3, -0.25) is 4.79 Å². The SMILES string of the molecule is Cc1ccc(/C=C/C(=O)O[C@@H]2C[C@](O)(C(=O)N3CCCC3)C[C@@H](OC(=O)/C=C/c3ccc(O)c(O)c3)[C@H]2O)cc1O. The van der Waals surface area contributed by atoms with Crippen LogP contribution in [0.3, 0.4) is 0 Å². The minimum Gasteiger partial charge on any atom is -0.508 e. The molecule has 2 aliphatic rings. The molecule has 0 spiro atoms. The summed E-state index contributed by atoms with van der Waals surface area (Å²) in [5.74, 6) is -3.04. The van der Waals surface area contributed by atoms with Crippen molar-refractivity contribution in [2.24, 2.45) is 0 Å². The molecule has 1 heterocycles. The molecular formula is C30H33NO10. The van der Waals surface area contributed by atoms with Gasteiger partial charge in [-0.05, 0) is 66.8 Å². The van der Waals surface area contributed by atoms with Gasteiger partial charge in [0.15, 0.2) is 17.1 Å². The quantitative estimate of drug-likeness (QED) is 0.189. The van der Waals surface area contributed by atoms with Gasteiger partial charge in [-0.25, -0.2) is 9.59 Å². The van der Waals surface area contributed by atoms with Crippen LogP contribution in [0.5, 0.6) is 17.2 Å². The monoisotopic (exact) mass is 567 g/mol. The molecule has 5 N–H and O–H groups in total. The Morgan fingerprint density at radius 2 is 1.34 bits per heavy atom. The molecule has 41 heavy (non-hydrogen) atoms. The van der Waals surface area contributed by atoms with Gasteiger partial charge in [-0.2, -0.15) is 0 Å². The summed E-state index contributed by atoms with van der Waals surface area (Å²) in [7, 11) is 0. The van der Waals surface area contributed by atoms with Crippen LogP contribution >= 0.6 is 0 Å². The van der Waals surface area contributed by atoms with Gasteiger partial charge in [0.05, 0.1) is 0 Å². The molecule has 0 radical (unpaired) electrons. The van der Waals surface area contributed by atoms with Crippen molar-refractivity contribution in [3.8, 4) is 17.2 Å². The first kappa shape index (κ1) is 29.6. The number of aryl methyl sites for hydroxylation is 1. The summed E-state index contributed by atoms with van der Waals surface area (Å²) < 4.78 is 10.8. The van der Waals surface area contributed by atoms with Crippen LogP contribution in [0.15, 0.2) is 48.6 Å². The van der Waals surface area contributed by atoms with E-state index in [9.17, 15) is 39.9 Å². The van der Waals surface area contributed by atoms with Crippen LogP contribution in [0.1, 0.15) is 42.4 Å². The van der Waals surface area contributed by atoms with Gasteiger partial charge in [0.1, 0.15) is 24.1 Å². The zero-order valence-electron chi connectivity index (χ0n) is 22.5. The molecule has 11 nitrogen and oxygen atoms in total. The fourth-order valence-electron chi connectivity index (χ4n) is 4.92. The van der Waals surface area contributed by atoms with Crippen molar-refractivity contribution in [1.29, 1.82) is 0 Å². The smallest absolute Gasteiger partial charge is 0.331 e. The van der Waals surface area contributed by atoms with Gasteiger partial charge in [0, 0.05) is 38.1 Å². The van der Waals surface area contributed by atoms with E-state index in [1.54, 1.807) is 19.1 Å². The first-order valence-electron chi connectivity index (χ1n) is 13.2. The average molecular weight is 568 g/mol. The molecule has 4 atom stereocenters. The van der Waals surface area contributed by atoms with Gasteiger partial charge in [0.25, 0.3) is 5.91 Å². The van der Waals surface area contributed by atoms with Gasteiger partial charge in [-0.15, -0.1) is 0 Å². The Labute approximate surface area is 236 Å². The number of esters is 2. The molecule has 4 rings (SSSR count). The molecule has 1 aliphatic carbocycles. The van der Waals surface area contributed by atoms with E-state index in [1.807, 2.05) is 0 Å². The second-order valence-electron chi connectivity index (χ2n) is 10.3. The number of rotatable bonds is 7. The van der Waals surface area contributed by atoms with Gasteiger partial charge in [-0.1, -0.05) is 18.2 Å². The molecule has 1 amide bonds. The third-order valence-corrected chi connectivity index (χ3v) is 7.22. The van der Waals surface area contributed by atoms with Crippen LogP contribution in [0.4, 0.5) is 0 Å². The summed E-state index contributed by atoms with van der Waals surface area (Å²) in [5.41, 5.74) is -0.495. The summed E-state index contributed by atoms with van der Waals surface area (Å²) >= 11 is 0. The largest absolute Gasteiger partial charge is 0.508 e. The highest BCUT2D eigenvalue weighted by molar-refractivity contribution is 5.89. The predicted molar refractivity (Wildman–Crippen MR) is 146 cm³/mol. The maximum Gasteiger partial charge on any atom is 0.331 e. The topological polar surface area (TPSA) is 174 Å². The second-order valence-corrected chi connectivity index (χ2v) is 10.3. The third kappa shape index (κ3) is 7.24. The van der Waals surface area contributed by atoms with Crippen molar-refractivity contribution in [2.45, 2.75) is 56.5 Å². The summed E-state index contributed by atoms with van der Waals surface area (Å²) in [5, 5.41) is 51.3. The molecular weight excluding hydrogens is 534 g/mol. The molecule has 2 aromatic rings. The lowest BCUT2D eigenvalue weighted by Gasteiger charge is -2.43. The summed E-state index contributed by atoms with van der Waals surface area (Å²) in [6.07, 6.45) is 1.26. The number of benzene rings is 2. The number of hydrogen-bond acceptors (Lipinski definition) is 10. The standard InChI is InChI=1S/C30H33NO10/c1-18-4-5-19(14-22(18)33)7-10-26(35)40-24-16-30(39,29(38)31-12-2-3-13-31)17-25(28(24)37)41-27(36)11-8-20-6-9-21(32)23(34)15-20/h4-11,14-15,24-25,28,32-34,37,39H,2-3,12-13,16-17H2,1H3/b10-7+,11-8+/t24-,25-,28+,30-/m1/s1. The van der Waals surface area contributed by atoms with Crippen LogP contribution in [-0.2, 0) is 23.9 Å². The molecule has 1 aliphatic heterocycles. The number of aromatic hydroxyl groups is 3. The highest BCUT2D eigenvalue weighted by atomic mass is 16.6. The first-order valence-corrected chi connectivity index (χ1v) is 13.2. The number of carbonyl (C=O) groups is 3. The summed E-state index contributed by atoms with van der Waals surface area (Å²) in [6, 6.07) is 8.73. The number of aliphatic hydroxyl groups is 2. The van der Waals surface area contributed by atoms with Crippen LogP contribution < -0.4 is 0 Å². The van der Waals surface area contributed by atoms with Crippen molar-refractivity contribution in [1.82, 2.24) is 4.90 Å². The lowest BCUT2D eigenvalue weighted by Crippen LogP contribution is -2.60. The fourth-order valence-corrected chi connectivity index (χ4v) is 4.92. The molecule has 2 fully saturated rings. The Hall–Kier alpha value is -4.35. The van der Waals surface area contributed by atoms with E-state index < -0.39 is 54.6 Å². The van der Waals surface area contributed by atoms with E-state index in [0.717, 1.165) is 25.0 Å². The summed E-state index contributed by atoms with van der Waals surface area (Å²) in [6.45, 7) is 2.63. The van der Waals surface area contributed by atoms with Gasteiger partial charge < -0.3 is 39.9 Å². The Morgan fingerprint density at radius 1 is 0.829 bits per heavy atom. The van der Waals surface area contributed by atoms with Crippen molar-refractivity contribution in [2.75, 3.05) is 13.1 Å². The molecule has 2 aromatic carbocycles. The number of carbonyl (C=O) groups excluding carboxylic acids is 3. The Bertz CT molecular complexity index is 1280. The van der Waals surface area contributed by atoms with Gasteiger partial charge >= 0.3 is 11.9 Å². The number of likely N-dealkylation sites (tertiary alicyclic amines) is 1. The number of ether oxygens (including phenoxy) is 2. The normalized spacial score (nSPS) is 24.6. The Morgan fingerprint density at radius 3 is 1.85 bits per heavy atom. The molecule has 1 saturated heterocycles. The predicted octanol–water partition coefficient (Wildman–Crippen LogP) is 2.17. The van der Waals surface area contributed by atoms with Crippen LogP contribution in [-0.4, -0.2) is 85.3 Å². The zero-order valence-corrected chi connectivity index (χ0v) is 22.5. The van der Waals surface area contributed by atoms with Crippen molar-refractivity contribution >= 4 is 30.0 Å². The van der Waals surface area contributed by atoms with Crippen molar-refractivity contribution < 1.29 is 49.4 Å². The third-order valence-electron chi connectivity index (χ3n) is 7.22. The number of aliphatic hydroxyl groups excluding tert-OH is 1. The minimum atomic E-state index is -2.06. The second kappa shape index (κ2) is 12.4. The lowest BCUT2D eigenvalue weighted by atomic mass is 9.78. The maximum absolute atomic E-state index is 13.2. The van der Waals surface area contributed by atoms with E-state index in [4.69, 9.17) is 9.47 Å². The number of hydrogen-bond donors (Lipinski definition) is 5. The van der Waals surface area contributed by atoms with E-state index >= 15 is 0 Å². The lowest BCUT2D eigenvalue weighted by molar-refractivity contribution is -0.199. The van der Waals surface area contributed by atoms with Crippen LogP contribution in [0, 0.1) is 6.92 Å². The first-order chi connectivity index (χ1) is 19.4. The fraction of sp³-hybridized carbons (Fsp3) is 0.367. The maximum atomic E-state index is 13.2.